The number of aromatic nitrogens is 1. The smallest absolute Gasteiger partial charge is 0.327 e. The lowest BCUT2D eigenvalue weighted by molar-refractivity contribution is -0.684. The number of nitrogens with one attached hydrogen (secondary N) is 1. The molecule has 1 unspecified atom stereocenters. The van der Waals surface area contributed by atoms with E-state index in [1.54, 1.807) is 52.8 Å². The van der Waals surface area contributed by atoms with Gasteiger partial charge in [-0.15, -0.1) is 0 Å². The van der Waals surface area contributed by atoms with E-state index < -0.39 is 81.2 Å². The van der Waals surface area contributed by atoms with Gasteiger partial charge in [0.05, 0.1) is 56.4 Å². The van der Waals surface area contributed by atoms with E-state index in [1.807, 2.05) is 13.8 Å². The summed E-state index contributed by atoms with van der Waals surface area (Å²) in [6.07, 6.45) is 8.75. The lowest BCUT2D eigenvalue weighted by atomic mass is 9.75. The van der Waals surface area contributed by atoms with Crippen LogP contribution in [-0.4, -0.2) is 124 Å². The molecule has 3 N–H and O–H groups in total. The third kappa shape index (κ3) is 10.5. The van der Waals surface area contributed by atoms with E-state index >= 15 is 0 Å². The van der Waals surface area contributed by atoms with Gasteiger partial charge in [-0.2, -0.15) is 16.8 Å². The van der Waals surface area contributed by atoms with Gasteiger partial charge < -0.3 is 14.8 Å². The molecule has 20 nitrogen and oxygen atoms in total. The van der Waals surface area contributed by atoms with Crippen molar-refractivity contribution >= 4 is 71.2 Å². The molecule has 6 rings (SSSR count). The third-order valence-corrected chi connectivity index (χ3v) is 14.1. The number of aliphatic imine (C=N–C) groups is 1. The van der Waals surface area contributed by atoms with Crippen molar-refractivity contribution in [2.45, 2.75) is 55.9 Å². The zero-order chi connectivity index (χ0) is 48.6. The van der Waals surface area contributed by atoms with Crippen LogP contribution in [0.3, 0.4) is 0 Å². The van der Waals surface area contributed by atoms with Gasteiger partial charge in [0, 0.05) is 61.5 Å². The largest absolute Gasteiger partial charge is 0.748 e. The highest BCUT2D eigenvalue weighted by atomic mass is 32.2. The van der Waals surface area contributed by atoms with Crippen LogP contribution in [0.2, 0.25) is 0 Å². The van der Waals surface area contributed by atoms with Crippen LogP contribution in [0.1, 0.15) is 71.0 Å². The highest BCUT2D eigenvalue weighted by molar-refractivity contribution is 7.86. The van der Waals surface area contributed by atoms with Crippen molar-refractivity contribution < 1.29 is 67.5 Å². The molecule has 66 heavy (non-hydrogen) atoms. The Balaban J connectivity index is 1.42. The number of hydroxylamine groups is 2. The molecule has 3 aliphatic heterocycles. The number of pyridine rings is 1. The van der Waals surface area contributed by atoms with E-state index in [4.69, 9.17) is 9.83 Å². The number of nitrogens with zero attached hydrogens (tertiary/aromatic N) is 5. The van der Waals surface area contributed by atoms with E-state index in [2.05, 4.69) is 5.32 Å². The predicted molar refractivity (Wildman–Crippen MR) is 238 cm³/mol. The molecule has 23 heteroatoms. The molecular formula is C43H48N6O14S3. The predicted octanol–water partition coefficient (Wildman–Crippen LogP) is 2.35. The average Bonchev–Trinajstić information content (AvgIpc) is 3.79. The first kappa shape index (κ1) is 49.5. The van der Waals surface area contributed by atoms with Crippen LogP contribution in [-0.2, 0) is 62.2 Å². The van der Waals surface area contributed by atoms with Gasteiger partial charge in [0.2, 0.25) is 0 Å². The molecule has 0 saturated carbocycles. The number of benzene rings is 2. The van der Waals surface area contributed by atoms with E-state index in [1.165, 1.54) is 50.7 Å². The van der Waals surface area contributed by atoms with Crippen molar-refractivity contribution in [3.05, 3.63) is 119 Å². The molecule has 3 aliphatic rings. The van der Waals surface area contributed by atoms with Gasteiger partial charge in [-0.1, -0.05) is 18.2 Å². The highest BCUT2D eigenvalue weighted by Crippen LogP contribution is 2.52. The maximum Gasteiger partial charge on any atom is 0.327 e. The van der Waals surface area contributed by atoms with Crippen LogP contribution in [0.4, 0.5) is 11.5 Å². The molecule has 352 valence electrons. The minimum absolute atomic E-state index is 0.00892. The van der Waals surface area contributed by atoms with E-state index in [9.17, 15) is 58.1 Å². The zero-order valence-electron chi connectivity index (χ0n) is 36.5. The van der Waals surface area contributed by atoms with Gasteiger partial charge in [-0.25, -0.2) is 18.0 Å². The number of amides is 4. The van der Waals surface area contributed by atoms with Gasteiger partial charge in [-0.05, 0) is 98.3 Å². The molecule has 0 bridgehead atoms. The number of allylic oxidation sites excluding steroid dienone is 4. The SMILES string of the molecule is CON(C)C(=O)c1cc2c([n+](CCCS(=O)(=O)[O-])c1)N=C(/C=C/C=C1/N(CCCS(=O)(=O)O)c3ccc(S(=O)(=O)O)cc3C1(C)c1ccc(C(=O)NCCN3C(=O)C=CC3=O)cc1)C2(C)C. The lowest BCUT2D eigenvalue weighted by Crippen LogP contribution is -2.38. The molecule has 1 atom stereocenters. The van der Waals surface area contributed by atoms with E-state index in [0.29, 0.717) is 39.6 Å². The topological polar surface area (TPSA) is 281 Å². The molecule has 3 aromatic rings. The summed E-state index contributed by atoms with van der Waals surface area (Å²) in [6, 6.07) is 12.0. The molecule has 0 fully saturated rings. The van der Waals surface area contributed by atoms with Crippen LogP contribution in [0.15, 0.2) is 101 Å². The standard InChI is InChI=1S/C43H48N6O14S3/c1-42(2)33-25-29(41(53)46(4)63-5)27-47(20-7-23-64(54,55)56)39(33)45-35(42)9-6-10-36-43(3,30-13-11-28(12-14-30)40(52)44-19-22-49-37(50)17-18-38(49)51)32-26-31(66(60,61)62)15-16-34(32)48(36)21-8-24-65(57,58)59/h6,9-18,25-27H,7-8,19-24H2,1-5H3,(H3-,44,52,54,55,56,57,58,59,60,61,62). The summed E-state index contributed by atoms with van der Waals surface area (Å²) in [4.78, 5) is 62.7. The number of fused-ring (bicyclic) bond motifs is 2. The zero-order valence-corrected chi connectivity index (χ0v) is 38.9. The van der Waals surface area contributed by atoms with Crippen LogP contribution in [0.5, 0.6) is 0 Å². The third-order valence-electron chi connectivity index (χ3n) is 11.7. The first-order chi connectivity index (χ1) is 30.8. The minimum atomic E-state index is -4.73. The summed E-state index contributed by atoms with van der Waals surface area (Å²) in [5, 5.41) is 3.70. The average molecular weight is 969 g/mol. The van der Waals surface area contributed by atoms with Crippen LogP contribution >= 0.6 is 0 Å². The Morgan fingerprint density at radius 3 is 2.17 bits per heavy atom. The summed E-state index contributed by atoms with van der Waals surface area (Å²) in [7, 11) is -10.9. The van der Waals surface area contributed by atoms with Gasteiger partial charge >= 0.3 is 5.82 Å². The van der Waals surface area contributed by atoms with Crippen molar-refractivity contribution in [3.63, 3.8) is 0 Å². The summed E-state index contributed by atoms with van der Waals surface area (Å²) in [5.74, 6) is -2.83. The summed E-state index contributed by atoms with van der Waals surface area (Å²) in [5.41, 5.74) is 1.26. The number of aryl methyl sites for hydroxylation is 1. The lowest BCUT2D eigenvalue weighted by Gasteiger charge is -2.31. The Labute approximate surface area is 382 Å². The van der Waals surface area contributed by atoms with Crippen molar-refractivity contribution in [2.75, 3.05) is 50.2 Å². The second-order valence-corrected chi connectivity index (χ2v) is 20.9. The van der Waals surface area contributed by atoms with Gasteiger partial charge in [0.25, 0.3) is 43.9 Å². The number of hydrogen-bond acceptors (Lipinski definition) is 14. The molecule has 2 aromatic carbocycles. The minimum Gasteiger partial charge on any atom is -0.748 e. The van der Waals surface area contributed by atoms with Gasteiger partial charge in [0.15, 0.2) is 5.71 Å². The number of rotatable bonds is 18. The second-order valence-electron chi connectivity index (χ2n) is 16.4. The molecule has 4 amide bonds. The van der Waals surface area contributed by atoms with Gasteiger partial charge in [0.1, 0.15) is 6.20 Å². The van der Waals surface area contributed by atoms with Crippen molar-refractivity contribution in [3.8, 4) is 0 Å². The molecule has 1 aromatic heterocycles. The first-order valence-electron chi connectivity index (χ1n) is 20.3. The summed E-state index contributed by atoms with van der Waals surface area (Å²) < 4.78 is 104. The fourth-order valence-corrected chi connectivity index (χ4v) is 9.59. The van der Waals surface area contributed by atoms with Crippen molar-refractivity contribution in [1.82, 2.24) is 15.3 Å². The number of imide groups is 1. The molecular weight excluding hydrogens is 921 g/mol. The normalized spacial score (nSPS) is 18.6. The Bertz CT molecular complexity index is 2950. The highest BCUT2D eigenvalue weighted by Gasteiger charge is 2.46. The number of carbonyl (C=O) groups excluding carboxylic acids is 4. The monoisotopic (exact) mass is 968 g/mol. The Morgan fingerprint density at radius 1 is 0.894 bits per heavy atom. The first-order valence-corrected chi connectivity index (χ1v) is 25.0. The molecule has 4 heterocycles. The van der Waals surface area contributed by atoms with Crippen molar-refractivity contribution in [1.29, 1.82) is 0 Å². The number of hydrogen-bond donors (Lipinski definition) is 3. The molecule has 0 radical (unpaired) electrons. The number of carbonyl (C=O) groups is 4. The molecule has 0 spiro atoms. The molecule has 0 saturated heterocycles. The van der Waals surface area contributed by atoms with E-state index in [0.717, 1.165) is 22.1 Å². The van der Waals surface area contributed by atoms with Crippen LogP contribution in [0, 0.1) is 0 Å². The Hall–Kier alpha value is -5.95. The Kier molecular flexibility index (Phi) is 14.0. The molecule has 0 aliphatic carbocycles. The van der Waals surface area contributed by atoms with Crippen LogP contribution in [0.25, 0.3) is 0 Å². The van der Waals surface area contributed by atoms with E-state index in [-0.39, 0.29) is 50.1 Å². The summed E-state index contributed by atoms with van der Waals surface area (Å²) >= 11 is 0. The maximum absolute atomic E-state index is 13.3. The van der Waals surface area contributed by atoms with Crippen molar-refractivity contribution in [2.24, 2.45) is 4.99 Å². The summed E-state index contributed by atoms with van der Waals surface area (Å²) in [6.45, 7) is 5.48. The quantitative estimate of drug-likeness (QED) is 0.0714. The fourth-order valence-electron chi connectivity index (χ4n) is 8.10. The number of anilines is 1. The van der Waals surface area contributed by atoms with Gasteiger partial charge in [-0.3, -0.25) is 38.0 Å². The second kappa shape index (κ2) is 18.7. The van der Waals surface area contributed by atoms with Crippen LogP contribution < -0.4 is 14.8 Å². The fraction of sp³-hybridized carbons (Fsp3) is 0.349. The maximum atomic E-state index is 13.3. The Morgan fingerprint density at radius 2 is 1.56 bits per heavy atom.